The molecule has 22 heavy (non-hydrogen) atoms. The minimum Gasteiger partial charge on any atom is -0.360 e. The van der Waals surface area contributed by atoms with Crippen molar-refractivity contribution in [3.8, 4) is 6.07 Å². The van der Waals surface area contributed by atoms with E-state index in [0.29, 0.717) is 22.2 Å². The van der Waals surface area contributed by atoms with Crippen LogP contribution in [0.15, 0.2) is 54.7 Å². The molecular weight excluding hydrogens is 278 g/mol. The van der Waals surface area contributed by atoms with Gasteiger partial charge in [-0.15, -0.1) is 0 Å². The molecule has 0 saturated heterocycles. The SMILES string of the molecule is N#Cc1ccccc1NC(=O)C(=O)c1c[nH]c2ccccc12. The summed E-state index contributed by atoms with van der Waals surface area (Å²) in [5.74, 6) is -1.42. The van der Waals surface area contributed by atoms with Crippen molar-refractivity contribution in [3.63, 3.8) is 0 Å². The van der Waals surface area contributed by atoms with Gasteiger partial charge in [-0.2, -0.15) is 5.26 Å². The summed E-state index contributed by atoms with van der Waals surface area (Å²) in [7, 11) is 0. The van der Waals surface area contributed by atoms with Crippen molar-refractivity contribution in [1.29, 1.82) is 5.26 Å². The van der Waals surface area contributed by atoms with Crippen molar-refractivity contribution in [2.24, 2.45) is 0 Å². The van der Waals surface area contributed by atoms with Crippen LogP contribution in [0.25, 0.3) is 10.9 Å². The van der Waals surface area contributed by atoms with E-state index in [0.717, 1.165) is 5.52 Å². The standard InChI is InChI=1S/C17H11N3O2/c18-9-11-5-1-3-7-14(11)20-17(22)16(21)13-10-19-15-8-4-2-6-12(13)15/h1-8,10,19H,(H,20,22). The lowest BCUT2D eigenvalue weighted by Gasteiger charge is -2.05. The average Bonchev–Trinajstić information content (AvgIpc) is 2.98. The van der Waals surface area contributed by atoms with Crippen molar-refractivity contribution in [2.45, 2.75) is 0 Å². The van der Waals surface area contributed by atoms with Gasteiger partial charge in [0.25, 0.3) is 11.7 Å². The first kappa shape index (κ1) is 13.6. The summed E-state index contributed by atoms with van der Waals surface area (Å²) >= 11 is 0. The number of carbonyl (C=O) groups excluding carboxylic acids is 2. The summed E-state index contributed by atoms with van der Waals surface area (Å²) in [6, 6.07) is 15.8. The van der Waals surface area contributed by atoms with Gasteiger partial charge in [0, 0.05) is 17.1 Å². The van der Waals surface area contributed by atoms with E-state index in [4.69, 9.17) is 5.26 Å². The van der Waals surface area contributed by atoms with Gasteiger partial charge >= 0.3 is 0 Å². The third-order valence-corrected chi connectivity index (χ3v) is 3.34. The molecule has 0 aliphatic carbocycles. The van der Waals surface area contributed by atoms with Crippen LogP contribution in [0.3, 0.4) is 0 Å². The third-order valence-electron chi connectivity index (χ3n) is 3.34. The van der Waals surface area contributed by atoms with Crippen LogP contribution in [-0.2, 0) is 4.79 Å². The number of rotatable bonds is 3. The fourth-order valence-electron chi connectivity index (χ4n) is 2.25. The van der Waals surface area contributed by atoms with Gasteiger partial charge < -0.3 is 10.3 Å². The molecule has 0 aliphatic rings. The zero-order chi connectivity index (χ0) is 15.5. The molecule has 1 heterocycles. The van der Waals surface area contributed by atoms with Crippen LogP contribution in [0, 0.1) is 11.3 Å². The number of ketones is 1. The molecule has 5 nitrogen and oxygen atoms in total. The van der Waals surface area contributed by atoms with E-state index in [1.807, 2.05) is 18.2 Å². The van der Waals surface area contributed by atoms with E-state index in [-0.39, 0.29) is 0 Å². The number of para-hydroxylation sites is 2. The number of amides is 1. The van der Waals surface area contributed by atoms with Gasteiger partial charge in [-0.05, 0) is 18.2 Å². The van der Waals surface area contributed by atoms with Gasteiger partial charge in [-0.1, -0.05) is 30.3 Å². The van der Waals surface area contributed by atoms with E-state index in [1.165, 1.54) is 6.20 Å². The molecule has 2 N–H and O–H groups in total. The number of hydrogen-bond acceptors (Lipinski definition) is 3. The van der Waals surface area contributed by atoms with Crippen molar-refractivity contribution >= 4 is 28.3 Å². The fraction of sp³-hybridized carbons (Fsp3) is 0. The molecule has 0 aliphatic heterocycles. The van der Waals surface area contributed by atoms with Crippen molar-refractivity contribution in [2.75, 3.05) is 5.32 Å². The summed E-state index contributed by atoms with van der Waals surface area (Å²) in [6.07, 6.45) is 1.52. The summed E-state index contributed by atoms with van der Waals surface area (Å²) < 4.78 is 0. The Balaban J connectivity index is 1.89. The number of Topliss-reactive ketones (excluding diaryl/α,β-unsaturated/α-hetero) is 1. The van der Waals surface area contributed by atoms with Gasteiger partial charge in [0.15, 0.2) is 0 Å². The van der Waals surface area contributed by atoms with E-state index in [2.05, 4.69) is 10.3 Å². The Labute approximate surface area is 126 Å². The van der Waals surface area contributed by atoms with Gasteiger partial charge in [0.2, 0.25) is 0 Å². The lowest BCUT2D eigenvalue weighted by Crippen LogP contribution is -2.23. The van der Waals surface area contributed by atoms with Gasteiger partial charge in [0.1, 0.15) is 6.07 Å². The molecular formula is C17H11N3O2. The summed E-state index contributed by atoms with van der Waals surface area (Å²) in [4.78, 5) is 27.4. The van der Waals surface area contributed by atoms with Gasteiger partial charge in [-0.3, -0.25) is 9.59 Å². The lowest BCUT2D eigenvalue weighted by molar-refractivity contribution is -0.112. The van der Waals surface area contributed by atoms with Crippen molar-refractivity contribution in [1.82, 2.24) is 4.98 Å². The van der Waals surface area contributed by atoms with E-state index in [9.17, 15) is 9.59 Å². The first-order valence-corrected chi connectivity index (χ1v) is 6.61. The number of fused-ring (bicyclic) bond motifs is 1. The van der Waals surface area contributed by atoms with Crippen LogP contribution < -0.4 is 5.32 Å². The Morgan fingerprint density at radius 3 is 2.59 bits per heavy atom. The predicted octanol–water partition coefficient (Wildman–Crippen LogP) is 2.86. The quantitative estimate of drug-likeness (QED) is 0.574. The molecule has 0 bridgehead atoms. The first-order chi connectivity index (χ1) is 10.7. The van der Waals surface area contributed by atoms with Crippen LogP contribution in [0.4, 0.5) is 5.69 Å². The predicted molar refractivity (Wildman–Crippen MR) is 82.4 cm³/mol. The van der Waals surface area contributed by atoms with Crippen LogP contribution in [0.5, 0.6) is 0 Å². The monoisotopic (exact) mass is 289 g/mol. The summed E-state index contributed by atoms with van der Waals surface area (Å²) in [6.45, 7) is 0. The third kappa shape index (κ3) is 2.34. The molecule has 1 aromatic heterocycles. The lowest BCUT2D eigenvalue weighted by atomic mass is 10.1. The Morgan fingerprint density at radius 2 is 1.77 bits per heavy atom. The number of hydrogen-bond donors (Lipinski definition) is 2. The molecule has 0 spiro atoms. The van der Waals surface area contributed by atoms with Crippen molar-refractivity contribution in [3.05, 3.63) is 65.9 Å². The minimum absolute atomic E-state index is 0.308. The zero-order valence-electron chi connectivity index (χ0n) is 11.5. The Morgan fingerprint density at radius 1 is 1.05 bits per heavy atom. The largest absolute Gasteiger partial charge is 0.360 e. The second kappa shape index (κ2) is 5.54. The molecule has 0 unspecified atom stereocenters. The number of nitrogens with zero attached hydrogens (tertiary/aromatic N) is 1. The van der Waals surface area contributed by atoms with Crippen LogP contribution in [-0.4, -0.2) is 16.7 Å². The Hall–Kier alpha value is -3.39. The zero-order valence-corrected chi connectivity index (χ0v) is 11.5. The molecule has 0 fully saturated rings. The number of anilines is 1. The first-order valence-electron chi connectivity index (χ1n) is 6.61. The number of aromatic amines is 1. The number of nitrogens with one attached hydrogen (secondary N) is 2. The minimum atomic E-state index is -0.771. The molecule has 106 valence electrons. The summed E-state index contributed by atoms with van der Waals surface area (Å²) in [5.41, 5.74) is 1.73. The van der Waals surface area contributed by atoms with Gasteiger partial charge in [0.05, 0.1) is 16.8 Å². The normalized spacial score (nSPS) is 10.1. The van der Waals surface area contributed by atoms with Crippen LogP contribution >= 0.6 is 0 Å². The highest BCUT2D eigenvalue weighted by molar-refractivity contribution is 6.48. The molecule has 1 amide bonds. The molecule has 0 atom stereocenters. The molecule has 3 rings (SSSR count). The molecule has 0 radical (unpaired) electrons. The second-order valence-corrected chi connectivity index (χ2v) is 4.69. The summed E-state index contributed by atoms with van der Waals surface area (Å²) in [5, 5.41) is 12.2. The van der Waals surface area contributed by atoms with E-state index < -0.39 is 11.7 Å². The number of benzene rings is 2. The topological polar surface area (TPSA) is 85.8 Å². The van der Waals surface area contributed by atoms with Gasteiger partial charge in [-0.25, -0.2) is 0 Å². The molecule has 0 saturated carbocycles. The maximum atomic E-state index is 12.3. The van der Waals surface area contributed by atoms with Crippen LogP contribution in [0.2, 0.25) is 0 Å². The van der Waals surface area contributed by atoms with E-state index >= 15 is 0 Å². The number of aromatic nitrogens is 1. The Bertz CT molecular complexity index is 919. The molecule has 5 heteroatoms. The highest BCUT2D eigenvalue weighted by atomic mass is 16.2. The maximum absolute atomic E-state index is 12.3. The number of nitriles is 1. The number of H-pyrrole nitrogens is 1. The highest BCUT2D eigenvalue weighted by Gasteiger charge is 2.20. The van der Waals surface area contributed by atoms with E-state index in [1.54, 1.807) is 36.4 Å². The second-order valence-electron chi connectivity index (χ2n) is 4.69. The van der Waals surface area contributed by atoms with Crippen LogP contribution in [0.1, 0.15) is 15.9 Å². The molecule has 2 aromatic carbocycles. The Kier molecular flexibility index (Phi) is 3.42. The average molecular weight is 289 g/mol. The molecule has 3 aromatic rings. The smallest absolute Gasteiger partial charge is 0.296 e. The fourth-order valence-corrected chi connectivity index (χ4v) is 2.25. The van der Waals surface area contributed by atoms with Crippen molar-refractivity contribution < 1.29 is 9.59 Å². The maximum Gasteiger partial charge on any atom is 0.296 e. The number of carbonyl (C=O) groups is 2. The highest BCUT2D eigenvalue weighted by Crippen LogP contribution is 2.19.